The van der Waals surface area contributed by atoms with Crippen LogP contribution in [0.15, 0.2) is 60.4 Å². The van der Waals surface area contributed by atoms with Crippen LogP contribution in [-0.2, 0) is 23.7 Å². The molecule has 256 valence electrons. The molecule has 5 atom stereocenters. The van der Waals surface area contributed by atoms with Crippen LogP contribution in [0.25, 0.3) is 6.08 Å². The van der Waals surface area contributed by atoms with Crippen LogP contribution in [0.3, 0.4) is 0 Å². The predicted octanol–water partition coefficient (Wildman–Crippen LogP) is 7.58. The first-order valence-electron chi connectivity index (χ1n) is 16.0. The summed E-state index contributed by atoms with van der Waals surface area (Å²) in [7, 11) is 0.125. The number of benzene rings is 2. The molecule has 9 nitrogen and oxygen atoms in total. The van der Waals surface area contributed by atoms with E-state index >= 15 is 4.39 Å². The number of cyclic esters (lactones) is 1. The van der Waals surface area contributed by atoms with Gasteiger partial charge in [-0.1, -0.05) is 56.9 Å². The molecule has 2 aromatic rings. The molecule has 0 saturated carbocycles. The summed E-state index contributed by atoms with van der Waals surface area (Å²) in [6, 6.07) is 12.7. The zero-order valence-corrected chi connectivity index (χ0v) is 29.5. The third-order valence-electron chi connectivity index (χ3n) is 7.92. The molecule has 1 fully saturated rings. The number of halogens is 1. The Kier molecular flexibility index (Phi) is 12.0. The second kappa shape index (κ2) is 15.6. The molecule has 0 amide bonds. The van der Waals surface area contributed by atoms with Crippen LogP contribution in [0.1, 0.15) is 60.4 Å². The fourth-order valence-corrected chi connectivity index (χ4v) is 5.96. The summed E-state index contributed by atoms with van der Waals surface area (Å²) < 4.78 is 57.4. The maximum atomic E-state index is 16.2. The van der Waals surface area contributed by atoms with E-state index in [0.717, 1.165) is 6.04 Å². The lowest BCUT2D eigenvalue weighted by molar-refractivity contribution is -0.154. The molecule has 2 aromatic carbocycles. The van der Waals surface area contributed by atoms with E-state index in [1.54, 1.807) is 82.3 Å². The van der Waals surface area contributed by atoms with Gasteiger partial charge in [0.2, 0.25) is 0 Å². The van der Waals surface area contributed by atoms with Gasteiger partial charge in [0.05, 0.1) is 18.3 Å². The number of hydrogen-bond acceptors (Lipinski definition) is 9. The van der Waals surface area contributed by atoms with Crippen LogP contribution in [-0.4, -0.2) is 70.7 Å². The van der Waals surface area contributed by atoms with Gasteiger partial charge >= 0.3 is 11.9 Å². The van der Waals surface area contributed by atoms with Gasteiger partial charge in [0.15, 0.2) is 18.7 Å². The Morgan fingerprint density at radius 2 is 1.79 bits per heavy atom. The predicted molar refractivity (Wildman–Crippen MR) is 179 cm³/mol. The Morgan fingerprint density at radius 3 is 2.47 bits per heavy atom. The fourth-order valence-electron chi connectivity index (χ4n) is 5.24. The van der Waals surface area contributed by atoms with Crippen molar-refractivity contribution in [1.82, 2.24) is 0 Å². The quantitative estimate of drug-likeness (QED) is 0.152. The molecule has 11 heteroatoms. The highest BCUT2D eigenvalue weighted by atomic mass is 28.3. The monoisotopic (exact) mass is 670 g/mol. The number of carbonyl (C=O) groups is 2. The van der Waals surface area contributed by atoms with Gasteiger partial charge < -0.3 is 33.2 Å². The van der Waals surface area contributed by atoms with Gasteiger partial charge in [0.1, 0.15) is 35.1 Å². The molecule has 3 unspecified atom stereocenters. The summed E-state index contributed by atoms with van der Waals surface area (Å²) >= 11 is 0. The largest absolute Gasteiger partial charge is 0.494 e. The average Bonchev–Trinajstić information content (AvgIpc) is 3.31. The van der Waals surface area contributed by atoms with Crippen molar-refractivity contribution < 1.29 is 47.1 Å². The molecule has 2 aliphatic rings. The highest BCUT2D eigenvalue weighted by Gasteiger charge is 2.48. The molecular formula is C36H47FO9Si. The van der Waals surface area contributed by atoms with E-state index in [1.165, 1.54) is 13.2 Å². The van der Waals surface area contributed by atoms with Gasteiger partial charge in [-0.25, -0.2) is 14.0 Å². The molecule has 4 rings (SSSR count). The molecule has 47 heavy (non-hydrogen) atoms. The van der Waals surface area contributed by atoms with Gasteiger partial charge in [-0.2, -0.15) is 0 Å². The first-order valence-corrected chi connectivity index (χ1v) is 19.7. The van der Waals surface area contributed by atoms with E-state index in [9.17, 15) is 9.59 Å². The normalized spacial score (nSPS) is 26.4. The fraction of sp³-hybridized carbons (Fsp3) is 0.500. The zero-order valence-electron chi connectivity index (χ0n) is 28.5. The van der Waals surface area contributed by atoms with Crippen LogP contribution in [0, 0.1) is 5.92 Å². The zero-order chi connectivity index (χ0) is 34.4. The minimum absolute atomic E-state index is 0.102. The van der Waals surface area contributed by atoms with E-state index in [4.69, 9.17) is 33.2 Å². The Hall–Kier alpha value is -3.51. The number of esters is 2. The van der Waals surface area contributed by atoms with E-state index < -0.39 is 62.0 Å². The van der Waals surface area contributed by atoms with E-state index in [2.05, 4.69) is 19.6 Å². The molecule has 0 aliphatic carbocycles. The Labute approximate surface area is 278 Å². The van der Waals surface area contributed by atoms with Gasteiger partial charge in [0, 0.05) is 27.2 Å². The third-order valence-corrected chi connectivity index (χ3v) is 9.62. The Balaban J connectivity index is 1.76. The molecule has 0 spiro atoms. The first kappa shape index (κ1) is 36.3. The highest BCUT2D eigenvalue weighted by Crippen LogP contribution is 2.37. The van der Waals surface area contributed by atoms with Crippen LogP contribution in [0.5, 0.6) is 11.5 Å². The second-order valence-electron chi connectivity index (χ2n) is 13.6. The molecule has 0 aromatic heterocycles. The maximum Gasteiger partial charge on any atom is 0.342 e. The lowest BCUT2D eigenvalue weighted by Gasteiger charge is -2.27. The van der Waals surface area contributed by atoms with Crippen LogP contribution in [0.4, 0.5) is 4.39 Å². The lowest BCUT2D eigenvalue weighted by atomic mass is 9.98. The van der Waals surface area contributed by atoms with Crippen molar-refractivity contribution in [2.75, 3.05) is 20.5 Å². The van der Waals surface area contributed by atoms with E-state index in [1.807, 2.05) is 0 Å². The van der Waals surface area contributed by atoms with Gasteiger partial charge in [-0.05, 0) is 63.1 Å². The molecule has 0 radical (unpaired) electrons. The van der Waals surface area contributed by atoms with Gasteiger partial charge in [-0.3, -0.25) is 0 Å². The van der Waals surface area contributed by atoms with Crippen LogP contribution < -0.4 is 9.47 Å². The Bertz CT molecular complexity index is 1450. The SMILES string of the molecule is COCOc1cc(OCC[Si](C)(C)C)cc2c1C(=O)O[C@@H](C)[C@H](C)/C=C(/F)C(OC(=O)c1ccccc1)C1OC(C)(C)OC1C/C=C/2. The molecule has 2 aliphatic heterocycles. The van der Waals surface area contributed by atoms with Gasteiger partial charge in [-0.15, -0.1) is 0 Å². The average molecular weight is 671 g/mol. The van der Waals surface area contributed by atoms with Crippen LogP contribution >= 0.6 is 0 Å². The highest BCUT2D eigenvalue weighted by molar-refractivity contribution is 6.76. The number of rotatable bonds is 9. The molecule has 1 saturated heterocycles. The number of hydrogen-bond donors (Lipinski definition) is 0. The standard InChI is InChI=1S/C36H47FO9Si/c1-23-19-28(37)32(44-34(38)25-13-10-9-11-14-25)33-29(45-36(3,4)46-33)16-12-15-26-20-27(41-17-18-47(6,7)8)21-30(42-22-40-5)31(26)35(39)43-24(23)2/h9-15,19-21,23-24,29,32-33H,16-18,22H2,1-8H3/b15-12+,28-19+/t23-,24+,29?,32?,33?/m1/s1. The molecule has 0 bridgehead atoms. The summed E-state index contributed by atoms with van der Waals surface area (Å²) in [4.78, 5) is 26.9. The van der Waals surface area contributed by atoms with Crippen molar-refractivity contribution in [1.29, 1.82) is 0 Å². The van der Waals surface area contributed by atoms with Crippen molar-refractivity contribution >= 4 is 26.1 Å². The van der Waals surface area contributed by atoms with E-state index in [-0.39, 0.29) is 30.1 Å². The summed E-state index contributed by atoms with van der Waals surface area (Å²) in [6.07, 6.45) is 1.25. The number of ether oxygens (including phenoxy) is 7. The van der Waals surface area contributed by atoms with Crippen molar-refractivity contribution in [3.8, 4) is 11.5 Å². The van der Waals surface area contributed by atoms with Crippen molar-refractivity contribution in [3.63, 3.8) is 0 Å². The van der Waals surface area contributed by atoms with Crippen LogP contribution in [0.2, 0.25) is 25.7 Å². The molecule has 2 heterocycles. The molecular weight excluding hydrogens is 623 g/mol. The van der Waals surface area contributed by atoms with Crippen molar-refractivity contribution in [2.24, 2.45) is 5.92 Å². The van der Waals surface area contributed by atoms with Crippen molar-refractivity contribution in [3.05, 3.63) is 77.1 Å². The smallest absolute Gasteiger partial charge is 0.342 e. The summed E-state index contributed by atoms with van der Waals surface area (Å²) in [5, 5.41) is 0. The van der Waals surface area contributed by atoms with E-state index in [0.29, 0.717) is 17.9 Å². The summed E-state index contributed by atoms with van der Waals surface area (Å²) in [5.41, 5.74) is 0.967. The number of carbonyl (C=O) groups excluding carboxylic acids is 2. The lowest BCUT2D eigenvalue weighted by Crippen LogP contribution is -2.39. The maximum absolute atomic E-state index is 16.2. The summed E-state index contributed by atoms with van der Waals surface area (Å²) in [6.45, 7) is 14.1. The first-order chi connectivity index (χ1) is 22.2. The minimum atomic E-state index is -1.41. The molecule has 0 N–H and O–H groups in total. The Morgan fingerprint density at radius 1 is 1.06 bits per heavy atom. The van der Waals surface area contributed by atoms with Crippen molar-refractivity contribution in [2.45, 2.75) is 90.0 Å². The summed E-state index contributed by atoms with van der Waals surface area (Å²) in [5.74, 6) is -3.00. The van der Waals surface area contributed by atoms with Gasteiger partial charge in [0.25, 0.3) is 0 Å². The topological polar surface area (TPSA) is 98.8 Å². The number of methoxy groups -OCH3 is 1. The third kappa shape index (κ3) is 9.99. The second-order valence-corrected chi connectivity index (χ2v) is 19.2. The number of fused-ring (bicyclic) bond motifs is 2. The minimum Gasteiger partial charge on any atom is -0.494 e.